The van der Waals surface area contributed by atoms with Crippen molar-refractivity contribution >= 4 is 17.6 Å². The summed E-state index contributed by atoms with van der Waals surface area (Å²) in [6.45, 7) is 28.6. The summed E-state index contributed by atoms with van der Waals surface area (Å²) in [5.74, 6) is 0.754. The minimum Gasteiger partial charge on any atom is -0.0740 e. The van der Waals surface area contributed by atoms with E-state index in [-0.39, 0.29) is 6.71 Å². The lowest BCUT2D eigenvalue weighted by molar-refractivity contribution is 0.564. The van der Waals surface area contributed by atoms with Crippen molar-refractivity contribution in [2.45, 2.75) is 89.0 Å². The zero-order chi connectivity index (χ0) is 35.3. The molecule has 0 aromatic heterocycles. The summed E-state index contributed by atoms with van der Waals surface area (Å²) in [4.78, 5) is 0. The summed E-state index contributed by atoms with van der Waals surface area (Å²) in [5.41, 5.74) is 26.6. The minimum atomic E-state index is 0.110. The topological polar surface area (TPSA) is 0 Å². The Morgan fingerprint density at radius 3 is 1.43 bits per heavy atom. The van der Waals surface area contributed by atoms with E-state index in [4.69, 9.17) is 0 Å². The molecule has 0 heterocycles. The Morgan fingerprint density at radius 2 is 0.959 bits per heavy atom. The van der Waals surface area contributed by atoms with E-state index in [0.717, 1.165) is 0 Å². The molecule has 0 saturated carbocycles. The fraction of sp³-hybridized carbons (Fsp3) is 0.292. The SMILES string of the molecule is CC1=C(C)C(c2ccccc2)C(C)C(C)=C1B(c1c(C)c(C)c(-c2cc#ccc2)c(C)c1C)c1c(C)c(C)c(-c2ccccc2)c(C)c1C. The molecule has 0 bridgehead atoms. The predicted octanol–water partition coefficient (Wildman–Crippen LogP) is 11.3. The van der Waals surface area contributed by atoms with E-state index in [1.165, 1.54) is 105 Å². The summed E-state index contributed by atoms with van der Waals surface area (Å²) in [6, 6.07) is 34.7. The average molecular weight is 639 g/mol. The Morgan fingerprint density at radius 1 is 0.490 bits per heavy atom. The van der Waals surface area contributed by atoms with Gasteiger partial charge in [0.1, 0.15) is 0 Å². The zero-order valence-electron chi connectivity index (χ0n) is 31.7. The normalized spacial score (nSPS) is 16.2. The molecule has 246 valence electrons. The van der Waals surface area contributed by atoms with Gasteiger partial charge in [0, 0.05) is 5.92 Å². The molecule has 0 N–H and O–H groups in total. The van der Waals surface area contributed by atoms with Gasteiger partial charge in [0.2, 0.25) is 6.71 Å². The van der Waals surface area contributed by atoms with Crippen molar-refractivity contribution in [2.75, 3.05) is 0 Å². The quantitative estimate of drug-likeness (QED) is 0.162. The van der Waals surface area contributed by atoms with Gasteiger partial charge < -0.3 is 0 Å². The van der Waals surface area contributed by atoms with E-state index in [9.17, 15) is 0 Å². The van der Waals surface area contributed by atoms with Crippen LogP contribution in [-0.4, -0.2) is 6.71 Å². The number of rotatable bonds is 6. The molecule has 2 atom stereocenters. The smallest absolute Gasteiger partial charge is 0.0740 e. The highest BCUT2D eigenvalue weighted by atomic mass is 14.3. The predicted molar refractivity (Wildman–Crippen MR) is 214 cm³/mol. The molecule has 0 fully saturated rings. The van der Waals surface area contributed by atoms with Gasteiger partial charge in [-0.3, -0.25) is 0 Å². The molecule has 0 nitrogen and oxygen atoms in total. The van der Waals surface area contributed by atoms with E-state index in [2.05, 4.69) is 168 Å². The van der Waals surface area contributed by atoms with Crippen molar-refractivity contribution in [3.8, 4) is 22.3 Å². The number of hydrogen-bond donors (Lipinski definition) is 0. The van der Waals surface area contributed by atoms with E-state index in [1.807, 2.05) is 6.07 Å². The first-order chi connectivity index (χ1) is 23.4. The first-order valence-corrected chi connectivity index (χ1v) is 18.0. The number of allylic oxidation sites excluding steroid dienone is 4. The molecule has 0 radical (unpaired) electrons. The van der Waals surface area contributed by atoms with Crippen LogP contribution >= 0.6 is 0 Å². The molecule has 2 unspecified atom stereocenters. The maximum atomic E-state index is 3.21. The largest absolute Gasteiger partial charge is 0.242 e. The Hall–Kier alpha value is -4.54. The highest BCUT2D eigenvalue weighted by Gasteiger charge is 2.40. The summed E-state index contributed by atoms with van der Waals surface area (Å²) in [5, 5.41) is 0. The third kappa shape index (κ3) is 5.61. The maximum Gasteiger partial charge on any atom is 0.242 e. The van der Waals surface area contributed by atoms with E-state index in [1.54, 1.807) is 0 Å². The lowest BCUT2D eigenvalue weighted by Gasteiger charge is -2.39. The van der Waals surface area contributed by atoms with Crippen LogP contribution in [0.15, 0.2) is 101 Å². The Balaban J connectivity index is 1.71. The standard InChI is InChI=1S/C48H51B/c1-28-34(7)46(35(8)29(2)43(28)40-22-16-13-17-23-40)49(47-36(9)30(3)44(31(4)37(47)10)41-24-18-14-19-25-41)48-38(11)32(5)45(33(6)39(48)12)42-26-20-15-21-27-42/h13-14,16-20,22-28,43H,1-12H3. The zero-order valence-corrected chi connectivity index (χ0v) is 31.7. The first kappa shape index (κ1) is 34.3. The fourth-order valence-corrected chi connectivity index (χ4v) is 9.21. The molecule has 0 saturated heterocycles. The third-order valence-corrected chi connectivity index (χ3v) is 12.5. The van der Waals surface area contributed by atoms with Gasteiger partial charge in [-0.1, -0.05) is 135 Å². The summed E-state index contributed by atoms with van der Waals surface area (Å²) < 4.78 is 0. The van der Waals surface area contributed by atoms with Crippen LogP contribution in [0.1, 0.15) is 83.7 Å². The summed E-state index contributed by atoms with van der Waals surface area (Å²) in [7, 11) is 0. The van der Waals surface area contributed by atoms with Crippen LogP contribution in [0, 0.1) is 73.4 Å². The second-order valence-corrected chi connectivity index (χ2v) is 14.7. The fourth-order valence-electron chi connectivity index (χ4n) is 9.21. The first-order valence-electron chi connectivity index (χ1n) is 18.0. The highest BCUT2D eigenvalue weighted by Crippen LogP contribution is 2.46. The Kier molecular flexibility index (Phi) is 9.39. The van der Waals surface area contributed by atoms with Gasteiger partial charge in [-0.2, -0.15) is 0 Å². The van der Waals surface area contributed by atoms with Crippen LogP contribution in [-0.2, 0) is 0 Å². The molecule has 0 spiro atoms. The second kappa shape index (κ2) is 13.4. The van der Waals surface area contributed by atoms with E-state index < -0.39 is 0 Å². The molecule has 1 aliphatic carbocycles. The maximum absolute atomic E-state index is 3.21. The molecule has 0 amide bonds. The Labute approximate surface area is 297 Å². The number of hydrogen-bond acceptors (Lipinski definition) is 0. The lowest BCUT2D eigenvalue weighted by atomic mass is 9.30. The second-order valence-electron chi connectivity index (χ2n) is 14.7. The van der Waals surface area contributed by atoms with Crippen molar-refractivity contribution in [3.05, 3.63) is 163 Å². The van der Waals surface area contributed by atoms with Crippen molar-refractivity contribution in [1.29, 1.82) is 0 Å². The van der Waals surface area contributed by atoms with Gasteiger partial charge in [0.25, 0.3) is 0 Å². The monoisotopic (exact) mass is 638 g/mol. The van der Waals surface area contributed by atoms with Crippen LogP contribution < -0.4 is 10.9 Å². The molecular weight excluding hydrogens is 587 g/mol. The van der Waals surface area contributed by atoms with Gasteiger partial charge in [-0.25, -0.2) is 0 Å². The molecule has 1 aliphatic rings. The van der Waals surface area contributed by atoms with Crippen LogP contribution in [0.2, 0.25) is 0 Å². The third-order valence-electron chi connectivity index (χ3n) is 12.5. The molecule has 49 heavy (non-hydrogen) atoms. The van der Waals surface area contributed by atoms with Crippen LogP contribution in [0.25, 0.3) is 22.3 Å². The van der Waals surface area contributed by atoms with Gasteiger partial charge in [0.05, 0.1) is 0 Å². The van der Waals surface area contributed by atoms with Gasteiger partial charge >= 0.3 is 0 Å². The lowest BCUT2D eigenvalue weighted by Crippen LogP contribution is -2.52. The van der Waals surface area contributed by atoms with Crippen molar-refractivity contribution < 1.29 is 0 Å². The van der Waals surface area contributed by atoms with Crippen LogP contribution in [0.3, 0.4) is 0 Å². The average Bonchev–Trinajstić information content (AvgIpc) is 3.11. The van der Waals surface area contributed by atoms with Crippen molar-refractivity contribution in [1.82, 2.24) is 0 Å². The Bertz CT molecular complexity index is 1940. The minimum absolute atomic E-state index is 0.110. The molecular formula is C48H51B. The molecule has 5 aromatic carbocycles. The van der Waals surface area contributed by atoms with Gasteiger partial charge in [0.15, 0.2) is 0 Å². The van der Waals surface area contributed by atoms with Crippen molar-refractivity contribution in [3.63, 3.8) is 0 Å². The van der Waals surface area contributed by atoms with E-state index >= 15 is 0 Å². The van der Waals surface area contributed by atoms with E-state index in [0.29, 0.717) is 11.8 Å². The summed E-state index contributed by atoms with van der Waals surface area (Å²) in [6.07, 6.45) is 0. The van der Waals surface area contributed by atoms with Gasteiger partial charge in [-0.15, -0.1) is 0 Å². The van der Waals surface area contributed by atoms with Gasteiger partial charge in [-0.05, 0) is 150 Å². The van der Waals surface area contributed by atoms with Crippen LogP contribution in [0.5, 0.6) is 0 Å². The molecule has 1 heteroatoms. The van der Waals surface area contributed by atoms with Crippen LogP contribution in [0.4, 0.5) is 0 Å². The van der Waals surface area contributed by atoms with Crippen molar-refractivity contribution in [2.24, 2.45) is 5.92 Å². The molecule has 5 aromatic rings. The number of benzene rings is 4. The molecule has 0 aliphatic heterocycles. The molecule has 6 rings (SSSR count). The highest BCUT2D eigenvalue weighted by molar-refractivity contribution is 6.93. The summed E-state index contributed by atoms with van der Waals surface area (Å²) >= 11 is 0.